The van der Waals surface area contributed by atoms with Gasteiger partial charge in [-0.3, -0.25) is 4.79 Å². The Balaban J connectivity index is 2.76. The van der Waals surface area contributed by atoms with E-state index in [1.165, 1.54) is 0 Å². The summed E-state index contributed by atoms with van der Waals surface area (Å²) >= 11 is 0. The van der Waals surface area contributed by atoms with Crippen molar-refractivity contribution in [1.82, 2.24) is 5.32 Å². The first-order valence-corrected chi connectivity index (χ1v) is 16.2. The lowest BCUT2D eigenvalue weighted by Crippen LogP contribution is -2.47. The maximum absolute atomic E-state index is 13.0. The van der Waals surface area contributed by atoms with E-state index in [0.717, 1.165) is 64.2 Å². The van der Waals surface area contributed by atoms with Crippen molar-refractivity contribution in [2.45, 2.75) is 167 Å². The number of hydrogen-bond donors (Lipinski definition) is 1. The number of alkyl carbamates (subject to hydrolysis) is 1. The van der Waals surface area contributed by atoms with Crippen LogP contribution in [0.3, 0.4) is 0 Å². The molecular formula is C35H67NO4. The molecule has 1 saturated carbocycles. The van der Waals surface area contributed by atoms with E-state index >= 15 is 0 Å². The van der Waals surface area contributed by atoms with Gasteiger partial charge < -0.3 is 14.8 Å². The second-order valence-corrected chi connectivity index (χ2v) is 17.0. The molecule has 1 N–H and O–H groups in total. The van der Waals surface area contributed by atoms with Crippen LogP contribution in [0.5, 0.6) is 0 Å². The normalized spacial score (nSPS) is 22.1. The molecule has 0 aromatic heterocycles. The number of rotatable bonds is 14. The van der Waals surface area contributed by atoms with Gasteiger partial charge in [-0.05, 0) is 85.9 Å². The van der Waals surface area contributed by atoms with Crippen molar-refractivity contribution in [2.75, 3.05) is 13.2 Å². The van der Waals surface area contributed by atoms with Crippen molar-refractivity contribution in [3.8, 4) is 0 Å². The Kier molecular flexibility index (Phi) is 13.1. The summed E-state index contributed by atoms with van der Waals surface area (Å²) in [7, 11) is 0. The molecule has 0 aromatic rings. The molecule has 236 valence electrons. The SMILES string of the molecule is CCC(CC)(COC(=O)CCC1(C)CC(NC(=O)OCC(CC)(CC)CC(C)(C)C)CC(C)(C)C1)CC(C)(C)C. The summed E-state index contributed by atoms with van der Waals surface area (Å²) in [5.74, 6) is -0.0944. The number of esters is 1. The van der Waals surface area contributed by atoms with Crippen LogP contribution in [0.15, 0.2) is 0 Å². The summed E-state index contributed by atoms with van der Waals surface area (Å²) in [4.78, 5) is 25.9. The number of carbonyl (C=O) groups is 2. The lowest BCUT2D eigenvalue weighted by atomic mass is 9.61. The first-order chi connectivity index (χ1) is 18.1. The van der Waals surface area contributed by atoms with Gasteiger partial charge in [0.2, 0.25) is 0 Å². The lowest BCUT2D eigenvalue weighted by Gasteiger charge is -2.47. The highest BCUT2D eigenvalue weighted by atomic mass is 16.5. The maximum Gasteiger partial charge on any atom is 0.407 e. The molecule has 40 heavy (non-hydrogen) atoms. The Morgan fingerprint density at radius 2 is 1.20 bits per heavy atom. The third-order valence-corrected chi connectivity index (χ3v) is 9.56. The third-order valence-electron chi connectivity index (χ3n) is 9.56. The fraction of sp³-hybridized carbons (Fsp3) is 0.943. The molecule has 1 aliphatic carbocycles. The van der Waals surface area contributed by atoms with Crippen molar-refractivity contribution < 1.29 is 19.1 Å². The predicted octanol–water partition coefficient (Wildman–Crippen LogP) is 10.1. The first kappa shape index (κ1) is 36.8. The molecule has 2 unspecified atom stereocenters. The lowest BCUT2D eigenvalue weighted by molar-refractivity contribution is -0.149. The minimum absolute atomic E-state index is 0.0102. The summed E-state index contributed by atoms with van der Waals surface area (Å²) in [5, 5.41) is 3.21. The number of hydrogen-bond acceptors (Lipinski definition) is 4. The molecule has 0 spiro atoms. The molecule has 0 aliphatic heterocycles. The van der Waals surface area contributed by atoms with E-state index in [9.17, 15) is 9.59 Å². The third kappa shape index (κ3) is 12.7. The van der Waals surface area contributed by atoms with Gasteiger partial charge in [0.25, 0.3) is 0 Å². The van der Waals surface area contributed by atoms with Gasteiger partial charge in [0.15, 0.2) is 0 Å². The molecule has 5 heteroatoms. The Morgan fingerprint density at radius 3 is 1.62 bits per heavy atom. The van der Waals surface area contributed by atoms with Crippen LogP contribution in [0.4, 0.5) is 4.79 Å². The average Bonchev–Trinajstić information content (AvgIpc) is 2.80. The van der Waals surface area contributed by atoms with Gasteiger partial charge in [-0.25, -0.2) is 4.79 Å². The van der Waals surface area contributed by atoms with Gasteiger partial charge in [-0.2, -0.15) is 0 Å². The van der Waals surface area contributed by atoms with E-state index in [1.807, 2.05) is 0 Å². The van der Waals surface area contributed by atoms with Crippen LogP contribution < -0.4 is 5.32 Å². The molecule has 0 heterocycles. The van der Waals surface area contributed by atoms with Crippen LogP contribution in [-0.2, 0) is 14.3 Å². The summed E-state index contributed by atoms with van der Waals surface area (Å²) < 4.78 is 11.8. The van der Waals surface area contributed by atoms with E-state index in [4.69, 9.17) is 9.47 Å². The number of amides is 1. The fourth-order valence-corrected chi connectivity index (χ4v) is 7.82. The van der Waals surface area contributed by atoms with Crippen molar-refractivity contribution >= 4 is 12.1 Å². The van der Waals surface area contributed by atoms with E-state index in [1.54, 1.807) is 0 Å². The molecule has 1 rings (SSSR count). The average molecular weight is 566 g/mol. The van der Waals surface area contributed by atoms with E-state index in [0.29, 0.717) is 19.6 Å². The van der Waals surface area contributed by atoms with Crippen molar-refractivity contribution in [1.29, 1.82) is 0 Å². The minimum atomic E-state index is -0.307. The Hall–Kier alpha value is -1.26. The maximum atomic E-state index is 13.0. The summed E-state index contributed by atoms with van der Waals surface area (Å²) in [5.41, 5.74) is 0.465. The number of nitrogens with one attached hydrogen (secondary N) is 1. The highest BCUT2D eigenvalue weighted by Gasteiger charge is 2.42. The zero-order valence-corrected chi connectivity index (χ0v) is 28.9. The smallest absolute Gasteiger partial charge is 0.407 e. The largest absolute Gasteiger partial charge is 0.465 e. The second-order valence-electron chi connectivity index (χ2n) is 17.0. The van der Waals surface area contributed by atoms with Gasteiger partial charge in [0, 0.05) is 23.3 Å². The summed E-state index contributed by atoms with van der Waals surface area (Å²) in [6.45, 7) is 30.1. The topological polar surface area (TPSA) is 64.6 Å². The van der Waals surface area contributed by atoms with Crippen LogP contribution in [-0.4, -0.2) is 31.3 Å². The monoisotopic (exact) mass is 566 g/mol. The van der Waals surface area contributed by atoms with Crippen LogP contribution in [0, 0.1) is 32.5 Å². The van der Waals surface area contributed by atoms with E-state index < -0.39 is 0 Å². The zero-order chi connectivity index (χ0) is 31.0. The number of ether oxygens (including phenoxy) is 2. The highest BCUT2D eigenvalue weighted by Crippen LogP contribution is 2.49. The summed E-state index contributed by atoms with van der Waals surface area (Å²) in [6.07, 6.45) is 9.76. The molecular weight excluding hydrogens is 498 g/mol. The molecule has 1 amide bonds. The Labute approximate surface area is 248 Å². The van der Waals surface area contributed by atoms with Crippen molar-refractivity contribution in [3.63, 3.8) is 0 Å². The Bertz CT molecular complexity index is 795. The molecule has 1 fully saturated rings. The van der Waals surface area contributed by atoms with Gasteiger partial charge in [0.05, 0.1) is 13.2 Å². The van der Waals surface area contributed by atoms with Gasteiger partial charge in [0.1, 0.15) is 0 Å². The highest BCUT2D eigenvalue weighted by molar-refractivity contribution is 5.69. The first-order valence-electron chi connectivity index (χ1n) is 16.2. The van der Waals surface area contributed by atoms with Crippen molar-refractivity contribution in [3.05, 3.63) is 0 Å². The predicted molar refractivity (Wildman–Crippen MR) is 168 cm³/mol. The molecule has 0 bridgehead atoms. The van der Waals surface area contributed by atoms with Crippen LogP contribution in [0.25, 0.3) is 0 Å². The van der Waals surface area contributed by atoms with Gasteiger partial charge in [-0.15, -0.1) is 0 Å². The van der Waals surface area contributed by atoms with Crippen molar-refractivity contribution in [2.24, 2.45) is 32.5 Å². The van der Waals surface area contributed by atoms with E-state index in [2.05, 4.69) is 95.3 Å². The van der Waals surface area contributed by atoms with Crippen LogP contribution in [0.1, 0.15) is 161 Å². The zero-order valence-electron chi connectivity index (χ0n) is 28.9. The molecule has 5 nitrogen and oxygen atoms in total. The quantitative estimate of drug-likeness (QED) is 0.213. The minimum Gasteiger partial charge on any atom is -0.465 e. The Morgan fingerprint density at radius 1 is 0.750 bits per heavy atom. The van der Waals surface area contributed by atoms with E-state index in [-0.39, 0.29) is 50.6 Å². The summed E-state index contributed by atoms with van der Waals surface area (Å²) in [6, 6.07) is 0.0390. The molecule has 0 aromatic carbocycles. The molecule has 0 saturated heterocycles. The van der Waals surface area contributed by atoms with Crippen LogP contribution in [0.2, 0.25) is 0 Å². The fourth-order valence-electron chi connectivity index (χ4n) is 7.82. The molecule has 2 atom stereocenters. The van der Waals surface area contributed by atoms with Crippen LogP contribution >= 0.6 is 0 Å². The molecule has 0 radical (unpaired) electrons. The second kappa shape index (κ2) is 14.3. The standard InChI is InChI=1S/C35H67NO4/c1-14-34(15-2,22-30(5,6)7)25-39-28(37)18-19-33(13)21-27(20-32(11,12)24-33)36-29(38)40-26-35(16-3,17-4)23-31(8,9)10/h27H,14-26H2,1-13H3,(H,36,38). The number of carbonyl (C=O) groups excluding carboxylic acids is 2. The molecule has 1 aliphatic rings. The van der Waals surface area contributed by atoms with Gasteiger partial charge >= 0.3 is 12.1 Å². The van der Waals surface area contributed by atoms with Gasteiger partial charge in [-0.1, -0.05) is 90.0 Å².